The summed E-state index contributed by atoms with van der Waals surface area (Å²) in [4.78, 5) is 35.5. The minimum Gasteiger partial charge on any atom is -0.493 e. The Morgan fingerprint density at radius 2 is 1.68 bits per heavy atom. The van der Waals surface area contributed by atoms with Gasteiger partial charge in [0.2, 0.25) is 0 Å². The van der Waals surface area contributed by atoms with Gasteiger partial charge in [0.25, 0.3) is 11.8 Å². The van der Waals surface area contributed by atoms with Crippen LogP contribution in [0.1, 0.15) is 33.2 Å². The molecule has 25 heavy (non-hydrogen) atoms. The van der Waals surface area contributed by atoms with E-state index in [0.717, 1.165) is 5.01 Å². The molecule has 1 aliphatic heterocycles. The molecule has 0 spiro atoms. The van der Waals surface area contributed by atoms with Crippen LogP contribution < -0.4 is 9.47 Å². The molecule has 7 nitrogen and oxygen atoms in total. The summed E-state index contributed by atoms with van der Waals surface area (Å²) in [6.07, 6.45) is 1.36. The quantitative estimate of drug-likeness (QED) is 0.369. The van der Waals surface area contributed by atoms with Crippen molar-refractivity contribution in [2.75, 3.05) is 7.11 Å². The Hall–Kier alpha value is -3.48. The van der Waals surface area contributed by atoms with Crippen molar-refractivity contribution in [2.24, 2.45) is 5.10 Å². The number of methoxy groups -OCH3 is 1. The van der Waals surface area contributed by atoms with Gasteiger partial charge in [-0.2, -0.15) is 10.1 Å². The monoisotopic (exact) mass is 338 g/mol. The number of benzene rings is 2. The van der Waals surface area contributed by atoms with Crippen LogP contribution in [0.4, 0.5) is 0 Å². The molecule has 3 rings (SSSR count). The lowest BCUT2D eigenvalue weighted by Gasteiger charge is -2.09. The molecule has 1 aliphatic rings. The third kappa shape index (κ3) is 3.12. The number of nitrogens with zero attached hydrogens (tertiary/aromatic N) is 2. The minimum absolute atomic E-state index is 0.271. The average Bonchev–Trinajstić information content (AvgIpc) is 2.85. The molecule has 0 aliphatic carbocycles. The molecule has 126 valence electrons. The fourth-order valence-corrected chi connectivity index (χ4v) is 2.41. The number of hydrogen-bond donors (Lipinski definition) is 0. The van der Waals surface area contributed by atoms with Gasteiger partial charge in [0.1, 0.15) is 0 Å². The maximum atomic E-state index is 12.2. The largest absolute Gasteiger partial charge is 0.493 e. The Kier molecular flexibility index (Phi) is 4.30. The van der Waals surface area contributed by atoms with E-state index in [1.165, 1.54) is 20.2 Å². The maximum absolute atomic E-state index is 12.2. The van der Waals surface area contributed by atoms with Gasteiger partial charge in [0.15, 0.2) is 11.5 Å². The summed E-state index contributed by atoms with van der Waals surface area (Å²) in [5.74, 6) is -0.805. The number of carbonyl (C=O) groups is 3. The number of imide groups is 1. The second kappa shape index (κ2) is 6.56. The molecule has 0 bridgehead atoms. The van der Waals surface area contributed by atoms with Crippen molar-refractivity contribution in [3.8, 4) is 11.5 Å². The molecule has 1 heterocycles. The van der Waals surface area contributed by atoms with Gasteiger partial charge in [0.05, 0.1) is 24.5 Å². The van der Waals surface area contributed by atoms with Crippen LogP contribution in [0.25, 0.3) is 0 Å². The van der Waals surface area contributed by atoms with Crippen LogP contribution in [0.2, 0.25) is 0 Å². The van der Waals surface area contributed by atoms with Gasteiger partial charge < -0.3 is 9.47 Å². The van der Waals surface area contributed by atoms with Gasteiger partial charge in [-0.05, 0) is 35.9 Å². The Balaban J connectivity index is 1.85. The van der Waals surface area contributed by atoms with Gasteiger partial charge >= 0.3 is 5.97 Å². The van der Waals surface area contributed by atoms with E-state index in [-0.39, 0.29) is 5.75 Å². The zero-order valence-electron chi connectivity index (χ0n) is 13.6. The molecule has 2 aromatic carbocycles. The minimum atomic E-state index is -0.472. The van der Waals surface area contributed by atoms with Crippen LogP contribution in [0.5, 0.6) is 11.5 Å². The fraction of sp³-hybridized carbons (Fsp3) is 0.111. The first-order valence-electron chi connectivity index (χ1n) is 7.39. The molecule has 2 amide bonds. The smallest absolute Gasteiger partial charge is 0.308 e. The molecule has 0 radical (unpaired) electrons. The summed E-state index contributed by atoms with van der Waals surface area (Å²) in [6, 6.07) is 11.3. The Labute approximate surface area is 143 Å². The number of hydrogen-bond acceptors (Lipinski definition) is 6. The van der Waals surface area contributed by atoms with E-state index in [0.29, 0.717) is 22.4 Å². The molecule has 0 atom stereocenters. The standard InChI is InChI=1S/C18H14N2O5/c1-11(21)25-15-8-7-12(9-16(15)24-2)10-19-20-17(22)13-5-3-4-6-14(13)18(20)23/h3-10H,1-2H3. The molecule has 0 saturated carbocycles. The van der Waals surface area contributed by atoms with Crippen molar-refractivity contribution >= 4 is 24.0 Å². The highest BCUT2D eigenvalue weighted by atomic mass is 16.6. The number of rotatable bonds is 4. The molecular weight excluding hydrogens is 324 g/mol. The number of hydrazone groups is 1. The number of fused-ring (bicyclic) bond motifs is 1. The summed E-state index contributed by atoms with van der Waals surface area (Å²) in [5, 5.41) is 4.80. The lowest BCUT2D eigenvalue weighted by molar-refractivity contribution is -0.132. The number of amides is 2. The van der Waals surface area contributed by atoms with Crippen molar-refractivity contribution in [3.63, 3.8) is 0 Å². The third-order valence-electron chi connectivity index (χ3n) is 3.54. The van der Waals surface area contributed by atoms with E-state index in [2.05, 4.69) is 5.10 Å². The molecule has 2 aromatic rings. The van der Waals surface area contributed by atoms with E-state index in [9.17, 15) is 14.4 Å². The Morgan fingerprint density at radius 1 is 1.04 bits per heavy atom. The summed E-state index contributed by atoms with van der Waals surface area (Å²) < 4.78 is 10.2. The number of carbonyl (C=O) groups excluding carboxylic acids is 3. The normalized spacial score (nSPS) is 13.3. The molecule has 0 fully saturated rings. The van der Waals surface area contributed by atoms with Crippen LogP contribution >= 0.6 is 0 Å². The summed E-state index contributed by atoms with van der Waals surface area (Å²) >= 11 is 0. The number of ether oxygens (including phenoxy) is 2. The van der Waals surface area contributed by atoms with E-state index in [1.54, 1.807) is 42.5 Å². The zero-order chi connectivity index (χ0) is 18.0. The summed E-state index contributed by atoms with van der Waals surface area (Å²) in [5.41, 5.74) is 1.23. The van der Waals surface area contributed by atoms with E-state index < -0.39 is 17.8 Å². The van der Waals surface area contributed by atoms with Gasteiger partial charge in [-0.15, -0.1) is 0 Å². The second-order valence-corrected chi connectivity index (χ2v) is 5.22. The predicted molar refractivity (Wildman–Crippen MR) is 88.8 cm³/mol. The fourth-order valence-electron chi connectivity index (χ4n) is 2.41. The van der Waals surface area contributed by atoms with Gasteiger partial charge in [-0.25, -0.2) is 0 Å². The second-order valence-electron chi connectivity index (χ2n) is 5.22. The van der Waals surface area contributed by atoms with Crippen molar-refractivity contribution in [2.45, 2.75) is 6.92 Å². The average molecular weight is 338 g/mol. The lowest BCUT2D eigenvalue weighted by Crippen LogP contribution is -2.24. The molecule has 0 saturated heterocycles. The Morgan fingerprint density at radius 3 is 2.24 bits per heavy atom. The SMILES string of the molecule is COc1cc(C=NN2C(=O)c3ccccc3C2=O)ccc1OC(C)=O. The first-order valence-corrected chi connectivity index (χ1v) is 7.39. The van der Waals surface area contributed by atoms with Crippen LogP contribution in [-0.4, -0.2) is 36.1 Å². The highest BCUT2D eigenvalue weighted by Crippen LogP contribution is 2.28. The molecular formula is C18H14N2O5. The highest BCUT2D eigenvalue weighted by Gasteiger charge is 2.35. The summed E-state index contributed by atoms with van der Waals surface area (Å²) in [7, 11) is 1.44. The third-order valence-corrected chi connectivity index (χ3v) is 3.54. The van der Waals surface area contributed by atoms with Gasteiger partial charge in [-0.3, -0.25) is 14.4 Å². The van der Waals surface area contributed by atoms with Crippen LogP contribution in [0.3, 0.4) is 0 Å². The Bertz CT molecular complexity index is 869. The highest BCUT2D eigenvalue weighted by molar-refractivity contribution is 6.21. The van der Waals surface area contributed by atoms with Gasteiger partial charge in [-0.1, -0.05) is 12.1 Å². The van der Waals surface area contributed by atoms with Crippen LogP contribution in [0, 0.1) is 0 Å². The van der Waals surface area contributed by atoms with Crippen molar-refractivity contribution in [3.05, 3.63) is 59.2 Å². The molecule has 7 heteroatoms. The molecule has 0 aromatic heterocycles. The van der Waals surface area contributed by atoms with Gasteiger partial charge in [0, 0.05) is 6.92 Å². The van der Waals surface area contributed by atoms with E-state index >= 15 is 0 Å². The topological polar surface area (TPSA) is 85.3 Å². The van der Waals surface area contributed by atoms with Crippen LogP contribution in [0.15, 0.2) is 47.6 Å². The number of esters is 1. The predicted octanol–water partition coefficient (Wildman–Crippen LogP) is 2.25. The summed E-state index contributed by atoms with van der Waals surface area (Å²) in [6.45, 7) is 1.29. The zero-order valence-corrected chi connectivity index (χ0v) is 13.6. The van der Waals surface area contributed by atoms with E-state index in [1.807, 2.05) is 0 Å². The molecule has 0 N–H and O–H groups in total. The van der Waals surface area contributed by atoms with Crippen LogP contribution in [-0.2, 0) is 4.79 Å². The maximum Gasteiger partial charge on any atom is 0.308 e. The first kappa shape index (κ1) is 16.4. The van der Waals surface area contributed by atoms with Crippen molar-refractivity contribution in [1.82, 2.24) is 5.01 Å². The van der Waals surface area contributed by atoms with Crippen molar-refractivity contribution < 1.29 is 23.9 Å². The van der Waals surface area contributed by atoms with E-state index in [4.69, 9.17) is 9.47 Å². The lowest BCUT2D eigenvalue weighted by atomic mass is 10.1. The van der Waals surface area contributed by atoms with Crippen molar-refractivity contribution in [1.29, 1.82) is 0 Å². The first-order chi connectivity index (χ1) is 12.0. The molecule has 0 unspecified atom stereocenters.